The van der Waals surface area contributed by atoms with Crippen molar-refractivity contribution in [2.45, 2.75) is 101 Å². The number of amides is 1. The third-order valence-corrected chi connectivity index (χ3v) is 12.1. The third-order valence-electron chi connectivity index (χ3n) is 12.1. The second-order valence-corrected chi connectivity index (χ2v) is 14.9. The first-order valence-electron chi connectivity index (χ1n) is 16.5. The molecule has 1 amide bonds. The molecule has 0 saturated heterocycles. The number of carbonyl (C=O) groups excluding carboxylic acids is 1. The second kappa shape index (κ2) is 9.21. The van der Waals surface area contributed by atoms with Gasteiger partial charge in [0.2, 0.25) is 11.8 Å². The zero-order valence-corrected chi connectivity index (χ0v) is 25.6. The summed E-state index contributed by atoms with van der Waals surface area (Å²) in [7, 11) is 0. The summed E-state index contributed by atoms with van der Waals surface area (Å²) < 4.78 is 22.4. The summed E-state index contributed by atoms with van der Waals surface area (Å²) in [5.74, 6) is 3.21. The molecule has 9 heteroatoms. The molecule has 10 rings (SSSR count). The molecule has 4 aromatic rings. The number of alkyl halides is 1. The van der Waals surface area contributed by atoms with Crippen molar-refractivity contribution in [1.29, 1.82) is 0 Å². The van der Waals surface area contributed by atoms with E-state index in [0.29, 0.717) is 43.6 Å². The summed E-state index contributed by atoms with van der Waals surface area (Å²) >= 11 is 0. The summed E-state index contributed by atoms with van der Waals surface area (Å²) in [5.41, 5.74) is 4.42. The van der Waals surface area contributed by atoms with Crippen molar-refractivity contribution >= 4 is 17.2 Å². The Labute approximate surface area is 256 Å². The van der Waals surface area contributed by atoms with Gasteiger partial charge in [-0.2, -0.15) is 10.1 Å². The van der Waals surface area contributed by atoms with Crippen LogP contribution in [0.4, 0.5) is 10.1 Å². The van der Waals surface area contributed by atoms with E-state index in [1.165, 1.54) is 12.8 Å². The molecule has 0 spiro atoms. The average molecular weight is 595 g/mol. The predicted octanol–water partition coefficient (Wildman–Crippen LogP) is 7.04. The van der Waals surface area contributed by atoms with Crippen LogP contribution in [0.3, 0.4) is 0 Å². The van der Waals surface area contributed by atoms with Crippen LogP contribution in [0.2, 0.25) is 0 Å². The lowest BCUT2D eigenvalue weighted by Gasteiger charge is -2.65. The van der Waals surface area contributed by atoms with Gasteiger partial charge in [-0.25, -0.2) is 13.9 Å². The van der Waals surface area contributed by atoms with Crippen molar-refractivity contribution in [2.75, 3.05) is 11.4 Å². The lowest BCUT2D eigenvalue weighted by molar-refractivity contribution is -0.211. The fourth-order valence-electron chi connectivity index (χ4n) is 9.29. The van der Waals surface area contributed by atoms with Crippen LogP contribution < -0.4 is 4.90 Å². The predicted molar refractivity (Wildman–Crippen MR) is 163 cm³/mol. The standard InChI is InChI=1S/C35H39FN6O2/c1-21-22(2)30-37-20-38-42(30)16-28(21)24-5-3-7-27(13-24)41(32(43)34-17-35(36,18-34)19-34)15-26-10-12-33(11-4-6-25(26)14-33)31-39-29(40-44-31)23-8-9-23/h3,5,7,13,16,20,23,25-26H,4,6,8-12,14-15,17-19H2,1-2H3. The van der Waals surface area contributed by atoms with Crippen LogP contribution in [0.25, 0.3) is 16.8 Å². The van der Waals surface area contributed by atoms with E-state index in [-0.39, 0.29) is 11.3 Å². The van der Waals surface area contributed by atoms with Crippen molar-refractivity contribution in [1.82, 2.24) is 24.7 Å². The van der Waals surface area contributed by atoms with Crippen LogP contribution in [-0.4, -0.2) is 42.9 Å². The first-order chi connectivity index (χ1) is 21.2. The zero-order valence-electron chi connectivity index (χ0n) is 25.6. The topological polar surface area (TPSA) is 89.4 Å². The fourth-order valence-corrected chi connectivity index (χ4v) is 9.29. The first-order valence-corrected chi connectivity index (χ1v) is 16.5. The molecule has 8 nitrogen and oxygen atoms in total. The number of fused-ring (bicyclic) bond motifs is 3. The third kappa shape index (κ3) is 3.96. The van der Waals surface area contributed by atoms with Crippen molar-refractivity contribution in [2.24, 2.45) is 17.3 Å². The molecule has 3 aromatic heterocycles. The molecule has 4 bridgehead atoms. The lowest BCUT2D eigenvalue weighted by Crippen LogP contribution is -2.70. The molecule has 44 heavy (non-hydrogen) atoms. The number of hydrogen-bond acceptors (Lipinski definition) is 6. The molecule has 1 aromatic carbocycles. The van der Waals surface area contributed by atoms with E-state index in [2.05, 4.69) is 47.3 Å². The maximum absolute atomic E-state index is 14.7. The highest BCUT2D eigenvalue weighted by atomic mass is 19.1. The van der Waals surface area contributed by atoms with E-state index in [0.717, 1.165) is 83.8 Å². The summed E-state index contributed by atoms with van der Waals surface area (Å²) in [6.45, 7) is 4.86. The lowest BCUT2D eigenvalue weighted by atomic mass is 9.42. The summed E-state index contributed by atoms with van der Waals surface area (Å²) in [4.78, 5) is 25.7. The highest BCUT2D eigenvalue weighted by molar-refractivity contribution is 6.00. The highest BCUT2D eigenvalue weighted by Crippen LogP contribution is 2.70. The second-order valence-electron chi connectivity index (χ2n) is 14.9. The zero-order chi connectivity index (χ0) is 29.8. The Morgan fingerprint density at radius 3 is 2.75 bits per heavy atom. The molecule has 0 radical (unpaired) electrons. The molecule has 3 atom stereocenters. The maximum atomic E-state index is 14.7. The molecule has 6 aliphatic carbocycles. The van der Waals surface area contributed by atoms with E-state index in [1.807, 2.05) is 21.7 Å². The minimum absolute atomic E-state index is 0.0296. The Morgan fingerprint density at radius 2 is 1.95 bits per heavy atom. The van der Waals surface area contributed by atoms with Crippen molar-refractivity contribution in [3.63, 3.8) is 0 Å². The van der Waals surface area contributed by atoms with Gasteiger partial charge >= 0.3 is 0 Å². The molecular weight excluding hydrogens is 555 g/mol. The average Bonchev–Trinajstić information content (AvgIpc) is 3.51. The Kier molecular flexibility index (Phi) is 5.60. The van der Waals surface area contributed by atoms with Crippen LogP contribution in [0.1, 0.15) is 99.4 Å². The summed E-state index contributed by atoms with van der Waals surface area (Å²) in [6, 6.07) is 8.35. The van der Waals surface area contributed by atoms with Crippen LogP contribution >= 0.6 is 0 Å². The minimum Gasteiger partial charge on any atom is -0.339 e. The number of aromatic nitrogens is 5. The van der Waals surface area contributed by atoms with Gasteiger partial charge in [-0.3, -0.25) is 4.79 Å². The van der Waals surface area contributed by atoms with E-state index in [4.69, 9.17) is 9.51 Å². The van der Waals surface area contributed by atoms with Crippen LogP contribution in [0.15, 0.2) is 41.3 Å². The van der Waals surface area contributed by atoms with Crippen molar-refractivity contribution in [3.05, 3.63) is 59.6 Å². The van der Waals surface area contributed by atoms with Gasteiger partial charge in [0.1, 0.15) is 12.0 Å². The van der Waals surface area contributed by atoms with Gasteiger partial charge in [-0.05, 0) is 112 Å². The maximum Gasteiger partial charge on any atom is 0.233 e. The van der Waals surface area contributed by atoms with E-state index in [1.54, 1.807) is 6.33 Å². The normalized spacial score (nSPS) is 32.2. The molecule has 6 saturated carbocycles. The number of rotatable bonds is 7. The Morgan fingerprint density at radius 1 is 1.11 bits per heavy atom. The number of hydrogen-bond donors (Lipinski definition) is 0. The smallest absolute Gasteiger partial charge is 0.233 e. The Bertz CT molecular complexity index is 1790. The number of pyridine rings is 1. The SMILES string of the molecule is Cc1c(-c2cccc(N(CC3CCC4(c5nc(C6CC6)no5)CCCC3C4)C(=O)C34CC(F)(C3)C4)c2)cn2ncnc2c1C. The van der Waals surface area contributed by atoms with Gasteiger partial charge in [0, 0.05) is 35.3 Å². The number of aryl methyl sites for hydroxylation is 1. The largest absolute Gasteiger partial charge is 0.339 e. The number of nitrogens with zero attached hydrogens (tertiary/aromatic N) is 6. The number of benzene rings is 1. The first kappa shape index (κ1) is 26.8. The molecule has 0 N–H and O–H groups in total. The van der Waals surface area contributed by atoms with Gasteiger partial charge in [0.15, 0.2) is 11.5 Å². The van der Waals surface area contributed by atoms with Gasteiger partial charge in [0.25, 0.3) is 0 Å². The van der Waals surface area contributed by atoms with Gasteiger partial charge in [-0.1, -0.05) is 30.1 Å². The monoisotopic (exact) mass is 594 g/mol. The quantitative estimate of drug-likeness (QED) is 0.228. The Balaban J connectivity index is 1.03. The van der Waals surface area contributed by atoms with Gasteiger partial charge < -0.3 is 9.42 Å². The molecule has 228 valence electrons. The Hall–Kier alpha value is -3.62. The molecule has 3 heterocycles. The summed E-state index contributed by atoms with van der Waals surface area (Å²) in [5, 5.41) is 8.75. The van der Waals surface area contributed by atoms with Crippen molar-refractivity contribution in [3.8, 4) is 11.1 Å². The molecule has 6 fully saturated rings. The number of carbonyl (C=O) groups is 1. The highest BCUT2D eigenvalue weighted by Gasteiger charge is 2.73. The van der Waals surface area contributed by atoms with Crippen molar-refractivity contribution < 1.29 is 13.7 Å². The molecule has 0 aliphatic heterocycles. The van der Waals surface area contributed by atoms with Crippen LogP contribution in [-0.2, 0) is 10.2 Å². The number of halogens is 1. The van der Waals surface area contributed by atoms with Gasteiger partial charge in [-0.15, -0.1) is 0 Å². The van der Waals surface area contributed by atoms with E-state index >= 15 is 0 Å². The number of anilines is 1. The van der Waals surface area contributed by atoms with Gasteiger partial charge in [0.05, 0.1) is 5.41 Å². The van der Waals surface area contributed by atoms with Crippen LogP contribution in [0, 0.1) is 31.1 Å². The fraction of sp³-hybridized carbons (Fsp3) is 0.571. The molecule has 3 unspecified atom stereocenters. The van der Waals surface area contributed by atoms with E-state index in [9.17, 15) is 9.18 Å². The molecular formula is C35H39FN6O2. The van der Waals surface area contributed by atoms with E-state index < -0.39 is 11.1 Å². The minimum atomic E-state index is -1.12. The van der Waals surface area contributed by atoms with Crippen LogP contribution in [0.5, 0.6) is 0 Å². The summed E-state index contributed by atoms with van der Waals surface area (Å²) in [6.07, 6.45) is 13.5. The molecule has 6 aliphatic rings.